The topological polar surface area (TPSA) is 209 Å². The molecule has 3 unspecified atom stereocenters. The van der Waals surface area contributed by atoms with Gasteiger partial charge in [0.25, 0.3) is 0 Å². The second kappa shape index (κ2) is 11.9. The van der Waals surface area contributed by atoms with Crippen LogP contribution in [0.15, 0.2) is 30.5 Å². The summed E-state index contributed by atoms with van der Waals surface area (Å²) in [4.78, 5) is 63.2. The van der Waals surface area contributed by atoms with Crippen LogP contribution in [0.5, 0.6) is 0 Å². The molecule has 1 aromatic heterocycles. The molecular weight excluding hydrogens is 452 g/mol. The van der Waals surface area contributed by atoms with E-state index in [0.29, 0.717) is 0 Å². The van der Waals surface area contributed by atoms with Crippen molar-refractivity contribution in [2.45, 2.75) is 31.0 Å². The second-order valence-electron chi connectivity index (χ2n) is 7.20. The summed E-state index contributed by atoms with van der Waals surface area (Å²) in [6.07, 6.45) is 1.17. The molecule has 2 rings (SSSR count). The van der Waals surface area contributed by atoms with E-state index in [0.717, 1.165) is 16.5 Å². The smallest absolute Gasteiger partial charge is 0.327 e. The number of rotatable bonds is 12. The van der Waals surface area contributed by atoms with Crippen LogP contribution in [0.2, 0.25) is 0 Å². The fraction of sp³-hybridized carbons (Fsp3) is 0.350. The van der Waals surface area contributed by atoms with E-state index in [1.54, 1.807) is 6.20 Å². The number of hydrogen-bond donors (Lipinski definition) is 8. The van der Waals surface area contributed by atoms with E-state index in [9.17, 15) is 24.0 Å². The van der Waals surface area contributed by atoms with Crippen LogP contribution in [0, 0.1) is 0 Å². The first-order valence-electron chi connectivity index (χ1n) is 9.93. The van der Waals surface area contributed by atoms with Gasteiger partial charge in [-0.3, -0.25) is 19.2 Å². The van der Waals surface area contributed by atoms with Gasteiger partial charge in [-0.2, -0.15) is 12.6 Å². The molecule has 0 radical (unpaired) electrons. The number of carbonyl (C=O) groups is 5. The molecule has 1 aromatic carbocycles. The molecule has 3 atom stereocenters. The van der Waals surface area contributed by atoms with Gasteiger partial charge in [-0.15, -0.1) is 0 Å². The molecule has 9 N–H and O–H groups in total. The number of H-pyrrole nitrogens is 1. The van der Waals surface area contributed by atoms with Crippen LogP contribution in [0.4, 0.5) is 0 Å². The van der Waals surface area contributed by atoms with Crippen LogP contribution in [-0.2, 0) is 30.4 Å². The van der Waals surface area contributed by atoms with Crippen LogP contribution in [0.1, 0.15) is 12.0 Å². The molecule has 33 heavy (non-hydrogen) atoms. The van der Waals surface area contributed by atoms with Gasteiger partial charge < -0.3 is 37.5 Å². The van der Waals surface area contributed by atoms with Crippen molar-refractivity contribution in [3.63, 3.8) is 0 Å². The zero-order valence-electron chi connectivity index (χ0n) is 17.5. The van der Waals surface area contributed by atoms with Crippen LogP contribution >= 0.6 is 12.6 Å². The number of para-hydroxylation sites is 1. The van der Waals surface area contributed by atoms with Crippen molar-refractivity contribution in [3.05, 3.63) is 36.0 Å². The number of nitrogens with two attached hydrogens (primary N) is 2. The molecule has 12 nitrogen and oxygen atoms in total. The molecule has 4 amide bonds. The minimum atomic E-state index is -1.46. The lowest BCUT2D eigenvalue weighted by molar-refractivity contribution is -0.141. The van der Waals surface area contributed by atoms with Gasteiger partial charge in [0.05, 0.1) is 13.0 Å². The first-order valence-corrected chi connectivity index (χ1v) is 10.6. The normalized spacial score (nSPS) is 13.5. The third kappa shape index (κ3) is 7.22. The van der Waals surface area contributed by atoms with Gasteiger partial charge >= 0.3 is 5.97 Å². The Morgan fingerprint density at radius 2 is 1.64 bits per heavy atom. The van der Waals surface area contributed by atoms with E-state index < -0.39 is 54.1 Å². The predicted octanol–water partition coefficient (Wildman–Crippen LogP) is -1.99. The molecule has 0 aliphatic rings. The summed E-state index contributed by atoms with van der Waals surface area (Å²) < 4.78 is 0. The summed E-state index contributed by atoms with van der Waals surface area (Å²) in [5, 5.41) is 17.0. The number of benzene rings is 1. The molecular formula is C20H26N6O6S. The highest BCUT2D eigenvalue weighted by Gasteiger charge is 2.30. The van der Waals surface area contributed by atoms with Crippen LogP contribution in [-0.4, -0.2) is 70.1 Å². The number of aliphatic carboxylic acids is 1. The van der Waals surface area contributed by atoms with E-state index in [2.05, 4.69) is 33.6 Å². The molecule has 0 aliphatic carbocycles. The summed E-state index contributed by atoms with van der Waals surface area (Å²) >= 11 is 3.86. The molecule has 0 fully saturated rings. The molecule has 178 valence electrons. The van der Waals surface area contributed by atoms with Gasteiger partial charge in [0.1, 0.15) is 18.1 Å². The van der Waals surface area contributed by atoms with Crippen molar-refractivity contribution in [2.75, 3.05) is 12.3 Å². The van der Waals surface area contributed by atoms with Crippen molar-refractivity contribution in [3.8, 4) is 0 Å². The number of fused-ring (bicyclic) bond motifs is 1. The third-order valence-electron chi connectivity index (χ3n) is 4.77. The maximum absolute atomic E-state index is 13.0. The lowest BCUT2D eigenvalue weighted by Crippen LogP contribution is -2.57. The fourth-order valence-corrected chi connectivity index (χ4v) is 3.37. The quantitative estimate of drug-likeness (QED) is 0.161. The van der Waals surface area contributed by atoms with Gasteiger partial charge in [0.15, 0.2) is 0 Å². The highest BCUT2D eigenvalue weighted by Crippen LogP contribution is 2.19. The molecule has 0 spiro atoms. The maximum atomic E-state index is 13.0. The van der Waals surface area contributed by atoms with E-state index >= 15 is 0 Å². The van der Waals surface area contributed by atoms with Gasteiger partial charge in [-0.05, 0) is 11.6 Å². The Bertz CT molecular complexity index is 1040. The standard InChI is InChI=1S/C20H26N6O6S/c21-7-17(28)24-13(5-10-8-23-12-4-2-1-3-11(10)12)18(29)25-14(6-16(22)27)19(30)26-15(9-33)20(31)32/h1-4,8,13-15,23,33H,5-7,9,21H2,(H2,22,27)(H,24,28)(H,25,29)(H,26,30)(H,31,32). The highest BCUT2D eigenvalue weighted by atomic mass is 32.1. The Labute approximate surface area is 194 Å². The highest BCUT2D eigenvalue weighted by molar-refractivity contribution is 7.80. The van der Waals surface area contributed by atoms with Gasteiger partial charge in [-0.25, -0.2) is 4.79 Å². The lowest BCUT2D eigenvalue weighted by atomic mass is 10.0. The van der Waals surface area contributed by atoms with Crippen molar-refractivity contribution in [1.29, 1.82) is 0 Å². The summed E-state index contributed by atoms with van der Waals surface area (Å²) in [7, 11) is 0. The molecule has 0 aliphatic heterocycles. The second-order valence-corrected chi connectivity index (χ2v) is 7.57. The van der Waals surface area contributed by atoms with Gasteiger partial charge in [0.2, 0.25) is 23.6 Å². The first kappa shape index (κ1) is 25.7. The van der Waals surface area contributed by atoms with Crippen LogP contribution < -0.4 is 27.4 Å². The predicted molar refractivity (Wildman–Crippen MR) is 122 cm³/mol. The number of carboxylic acid groups (broad SMARTS) is 1. The average molecular weight is 479 g/mol. The monoisotopic (exact) mass is 478 g/mol. The number of primary amides is 1. The third-order valence-corrected chi connectivity index (χ3v) is 5.14. The Hall–Kier alpha value is -3.58. The van der Waals surface area contributed by atoms with E-state index in [-0.39, 0.29) is 18.7 Å². The minimum Gasteiger partial charge on any atom is -0.480 e. The van der Waals surface area contributed by atoms with Crippen molar-refractivity contribution in [1.82, 2.24) is 20.9 Å². The SMILES string of the molecule is NCC(=O)NC(Cc1c[nH]c2ccccc12)C(=O)NC(CC(N)=O)C(=O)NC(CS)C(=O)O. The molecule has 0 saturated heterocycles. The Morgan fingerprint density at radius 3 is 2.24 bits per heavy atom. The molecule has 13 heteroatoms. The summed E-state index contributed by atoms with van der Waals surface area (Å²) in [6.45, 7) is -0.370. The van der Waals surface area contributed by atoms with Gasteiger partial charge in [0, 0.05) is 29.3 Å². The average Bonchev–Trinajstić information content (AvgIpc) is 3.18. The number of carbonyl (C=O) groups excluding carboxylic acids is 4. The van der Waals surface area contributed by atoms with E-state index in [4.69, 9.17) is 16.6 Å². The number of aromatic amines is 1. The van der Waals surface area contributed by atoms with Crippen molar-refractivity contribution < 1.29 is 29.1 Å². The zero-order chi connectivity index (χ0) is 24.5. The van der Waals surface area contributed by atoms with Crippen molar-refractivity contribution in [2.24, 2.45) is 11.5 Å². The zero-order valence-corrected chi connectivity index (χ0v) is 18.4. The largest absolute Gasteiger partial charge is 0.480 e. The molecule has 0 saturated carbocycles. The van der Waals surface area contributed by atoms with Crippen LogP contribution in [0.25, 0.3) is 10.9 Å². The maximum Gasteiger partial charge on any atom is 0.327 e. The number of thiol groups is 1. The van der Waals surface area contributed by atoms with Crippen molar-refractivity contribution >= 4 is 53.1 Å². The number of hydrogen-bond acceptors (Lipinski definition) is 7. The minimum absolute atomic E-state index is 0.0564. The van der Waals surface area contributed by atoms with Gasteiger partial charge in [-0.1, -0.05) is 18.2 Å². The molecule has 0 bridgehead atoms. The number of nitrogens with one attached hydrogen (secondary N) is 4. The fourth-order valence-electron chi connectivity index (χ4n) is 3.12. The Balaban J connectivity index is 2.24. The Morgan fingerprint density at radius 1 is 1.00 bits per heavy atom. The number of aromatic nitrogens is 1. The number of amides is 4. The lowest BCUT2D eigenvalue weighted by Gasteiger charge is -2.23. The van der Waals surface area contributed by atoms with Crippen LogP contribution in [0.3, 0.4) is 0 Å². The summed E-state index contributed by atoms with van der Waals surface area (Å²) in [5.41, 5.74) is 12.1. The Kier molecular flexibility index (Phi) is 9.24. The summed E-state index contributed by atoms with van der Waals surface area (Å²) in [6, 6.07) is 3.41. The van der Waals surface area contributed by atoms with E-state index in [1.165, 1.54) is 0 Å². The molecule has 1 heterocycles. The first-order chi connectivity index (χ1) is 15.7. The van der Waals surface area contributed by atoms with E-state index in [1.807, 2.05) is 24.3 Å². The number of carboxylic acids is 1. The molecule has 2 aromatic rings. The summed E-state index contributed by atoms with van der Waals surface area (Å²) in [5.74, 6) is -4.76.